The van der Waals surface area contributed by atoms with Crippen LogP contribution in [0.3, 0.4) is 0 Å². The largest absolute Gasteiger partial charge is 0.327 e. The molecule has 0 saturated carbocycles. The summed E-state index contributed by atoms with van der Waals surface area (Å²) in [5, 5.41) is 3.89. The van der Waals surface area contributed by atoms with Crippen LogP contribution in [0.1, 0.15) is 37.7 Å². The second-order valence-corrected chi connectivity index (χ2v) is 5.54. The first kappa shape index (κ1) is 15.6. The van der Waals surface area contributed by atoms with Crippen LogP contribution in [0.2, 0.25) is 0 Å². The number of carbonyl (C=O) groups is 1. The third-order valence-corrected chi connectivity index (χ3v) is 3.72. The number of nitrogens with zero attached hydrogens (tertiary/aromatic N) is 1. The molecule has 4 nitrogen and oxygen atoms in total. The number of rotatable bonds is 4. The number of benzene rings is 1. The molecule has 1 aromatic rings. The fraction of sp³-hybridized carbons (Fsp3) is 0.500. The van der Waals surface area contributed by atoms with Gasteiger partial charge in [-0.25, -0.2) is 9.82 Å². The van der Waals surface area contributed by atoms with Crippen LogP contribution < -0.4 is 10.3 Å². The van der Waals surface area contributed by atoms with Gasteiger partial charge in [0.25, 0.3) is 5.91 Å². The highest BCUT2D eigenvalue weighted by Crippen LogP contribution is 2.02. The second-order valence-electron chi connectivity index (χ2n) is 5.54. The maximum atomic E-state index is 13.0. The predicted octanol–water partition coefficient (Wildman–Crippen LogP) is 1.12. The molecule has 1 aliphatic heterocycles. The number of halogens is 1. The van der Waals surface area contributed by atoms with Crippen LogP contribution in [0.4, 0.5) is 4.39 Å². The van der Waals surface area contributed by atoms with Gasteiger partial charge in [-0.15, -0.1) is 0 Å². The first-order chi connectivity index (χ1) is 10.2. The molecule has 0 atom stereocenters. The Morgan fingerprint density at radius 3 is 2.67 bits per heavy atom. The van der Waals surface area contributed by atoms with E-state index in [0.717, 1.165) is 13.1 Å². The molecule has 0 radical (unpaired) electrons. The normalized spacial score (nSPS) is 17.4. The number of nitrogens with one attached hydrogen (secondary N) is 2. The minimum absolute atomic E-state index is 0.0850. The number of quaternary nitrogens is 1. The number of hydrogen-bond donors (Lipinski definition) is 2. The molecule has 21 heavy (non-hydrogen) atoms. The summed E-state index contributed by atoms with van der Waals surface area (Å²) < 4.78 is 13.0. The molecule has 2 rings (SSSR count). The summed E-state index contributed by atoms with van der Waals surface area (Å²) in [5.41, 5.74) is 3.15. The lowest BCUT2D eigenvalue weighted by molar-refractivity contribution is -0.893. The Hall–Kier alpha value is -1.75. The summed E-state index contributed by atoms with van der Waals surface area (Å²) in [7, 11) is 0. The van der Waals surface area contributed by atoms with Crippen LogP contribution in [0, 0.1) is 5.82 Å². The predicted molar refractivity (Wildman–Crippen MR) is 80.8 cm³/mol. The van der Waals surface area contributed by atoms with E-state index < -0.39 is 0 Å². The highest BCUT2D eigenvalue weighted by molar-refractivity contribution is 5.82. The molecule has 1 saturated heterocycles. The van der Waals surface area contributed by atoms with Gasteiger partial charge < -0.3 is 4.90 Å². The Bertz CT molecular complexity index is 482. The van der Waals surface area contributed by atoms with Gasteiger partial charge in [0.2, 0.25) is 0 Å². The van der Waals surface area contributed by atoms with E-state index >= 15 is 0 Å². The lowest BCUT2D eigenvalue weighted by atomic mass is 10.1. The SMILES string of the molecule is O=C(C[NH+]1CCCCCCC1)N/N=C\c1cccc(F)c1. The van der Waals surface area contributed by atoms with Crippen molar-refractivity contribution in [2.45, 2.75) is 32.1 Å². The highest BCUT2D eigenvalue weighted by atomic mass is 19.1. The van der Waals surface area contributed by atoms with E-state index in [-0.39, 0.29) is 11.7 Å². The van der Waals surface area contributed by atoms with Crippen molar-refractivity contribution in [1.82, 2.24) is 5.43 Å². The van der Waals surface area contributed by atoms with Crippen molar-refractivity contribution in [2.24, 2.45) is 5.10 Å². The van der Waals surface area contributed by atoms with Crippen LogP contribution in [0.25, 0.3) is 0 Å². The van der Waals surface area contributed by atoms with Crippen LogP contribution >= 0.6 is 0 Å². The van der Waals surface area contributed by atoms with Crippen LogP contribution in [-0.4, -0.2) is 31.8 Å². The average Bonchev–Trinajstić information content (AvgIpc) is 2.42. The molecule has 5 heteroatoms. The van der Waals surface area contributed by atoms with E-state index in [0.29, 0.717) is 12.1 Å². The molecule has 0 bridgehead atoms. The van der Waals surface area contributed by atoms with E-state index in [9.17, 15) is 9.18 Å². The summed E-state index contributed by atoms with van der Waals surface area (Å²) in [5.74, 6) is -0.395. The van der Waals surface area contributed by atoms with Crippen molar-refractivity contribution in [2.75, 3.05) is 19.6 Å². The van der Waals surface area contributed by atoms with E-state index in [1.54, 1.807) is 12.1 Å². The average molecular weight is 292 g/mol. The maximum absolute atomic E-state index is 13.0. The number of hydrazone groups is 1. The van der Waals surface area contributed by atoms with Crippen LogP contribution in [0.15, 0.2) is 29.4 Å². The standard InChI is InChI=1S/C16H22FN3O/c17-15-8-6-7-14(11-15)12-18-19-16(21)13-20-9-4-2-1-3-5-10-20/h6-8,11-12H,1-5,9-10,13H2,(H,19,21)/p+1/b18-12-. The molecule has 1 amide bonds. The smallest absolute Gasteiger partial charge is 0.295 e. The third-order valence-electron chi connectivity index (χ3n) is 3.72. The van der Waals surface area contributed by atoms with Crippen molar-refractivity contribution in [3.05, 3.63) is 35.6 Å². The third kappa shape index (κ3) is 6.04. The molecule has 1 aromatic carbocycles. The molecule has 1 aliphatic rings. The van der Waals surface area contributed by atoms with Gasteiger partial charge in [-0.3, -0.25) is 4.79 Å². The number of likely N-dealkylation sites (tertiary alicyclic amines) is 1. The molecule has 114 valence electrons. The fourth-order valence-corrected chi connectivity index (χ4v) is 2.61. The van der Waals surface area contributed by atoms with E-state index in [1.807, 2.05) is 0 Å². The molecule has 0 unspecified atom stereocenters. The monoisotopic (exact) mass is 292 g/mol. The first-order valence-electron chi connectivity index (χ1n) is 7.65. The molecule has 0 aromatic heterocycles. The summed E-state index contributed by atoms with van der Waals surface area (Å²) in [6.45, 7) is 2.57. The van der Waals surface area contributed by atoms with Crippen molar-refractivity contribution < 1.29 is 14.1 Å². The Balaban J connectivity index is 1.76. The van der Waals surface area contributed by atoms with Crippen LogP contribution in [0.5, 0.6) is 0 Å². The zero-order chi connectivity index (χ0) is 14.9. The van der Waals surface area contributed by atoms with E-state index in [4.69, 9.17) is 0 Å². The van der Waals surface area contributed by atoms with E-state index in [2.05, 4.69) is 10.5 Å². The molecule has 0 spiro atoms. The zero-order valence-electron chi connectivity index (χ0n) is 12.3. The van der Waals surface area contributed by atoms with Gasteiger partial charge in [-0.05, 0) is 43.4 Å². The highest BCUT2D eigenvalue weighted by Gasteiger charge is 2.14. The number of carbonyl (C=O) groups excluding carboxylic acids is 1. The zero-order valence-corrected chi connectivity index (χ0v) is 12.3. The van der Waals surface area contributed by atoms with Crippen molar-refractivity contribution >= 4 is 12.1 Å². The Morgan fingerprint density at radius 2 is 1.95 bits per heavy atom. The van der Waals surface area contributed by atoms with Gasteiger partial charge in [0.1, 0.15) is 5.82 Å². The van der Waals surface area contributed by atoms with Gasteiger partial charge in [-0.2, -0.15) is 5.10 Å². The van der Waals surface area contributed by atoms with Gasteiger partial charge >= 0.3 is 0 Å². The summed E-state index contributed by atoms with van der Waals surface area (Å²) in [6, 6.07) is 6.10. The molecular formula is C16H23FN3O+. The van der Waals surface area contributed by atoms with Gasteiger partial charge in [0, 0.05) is 0 Å². The van der Waals surface area contributed by atoms with Gasteiger partial charge in [-0.1, -0.05) is 18.6 Å². The Kier molecular flexibility index (Phi) is 6.34. The first-order valence-corrected chi connectivity index (χ1v) is 7.65. The number of hydrogen-bond acceptors (Lipinski definition) is 2. The quantitative estimate of drug-likeness (QED) is 0.634. The fourth-order valence-electron chi connectivity index (χ4n) is 2.61. The Labute approximate surface area is 125 Å². The maximum Gasteiger partial charge on any atom is 0.295 e. The van der Waals surface area contributed by atoms with Crippen LogP contribution in [-0.2, 0) is 4.79 Å². The summed E-state index contributed by atoms with van der Waals surface area (Å²) in [4.78, 5) is 13.2. The minimum atomic E-state index is -0.310. The lowest BCUT2D eigenvalue weighted by Gasteiger charge is -2.20. The van der Waals surface area contributed by atoms with Gasteiger partial charge in [0.05, 0.1) is 19.3 Å². The molecule has 2 N–H and O–H groups in total. The summed E-state index contributed by atoms with van der Waals surface area (Å²) in [6.07, 6.45) is 7.69. The minimum Gasteiger partial charge on any atom is -0.327 e. The van der Waals surface area contributed by atoms with Gasteiger partial charge in [0.15, 0.2) is 6.54 Å². The molecule has 1 fully saturated rings. The summed E-state index contributed by atoms with van der Waals surface area (Å²) >= 11 is 0. The van der Waals surface area contributed by atoms with Crippen molar-refractivity contribution in [3.63, 3.8) is 0 Å². The van der Waals surface area contributed by atoms with Crippen molar-refractivity contribution in [3.8, 4) is 0 Å². The second kappa shape index (κ2) is 8.52. The number of amides is 1. The molecule has 1 heterocycles. The van der Waals surface area contributed by atoms with Crippen molar-refractivity contribution in [1.29, 1.82) is 0 Å². The molecule has 0 aliphatic carbocycles. The van der Waals surface area contributed by atoms with E-state index in [1.165, 1.54) is 55.4 Å². The lowest BCUT2D eigenvalue weighted by Crippen LogP contribution is -3.13. The molecular weight excluding hydrogens is 269 g/mol. The topological polar surface area (TPSA) is 45.9 Å². The Morgan fingerprint density at radius 1 is 1.24 bits per heavy atom.